The number of oxime groups is 1. The highest BCUT2D eigenvalue weighted by molar-refractivity contribution is 7.79. The fourth-order valence-corrected chi connectivity index (χ4v) is 2.51. The lowest BCUT2D eigenvalue weighted by molar-refractivity contribution is 0.322. The Morgan fingerprint density at radius 3 is 2.89 bits per heavy atom. The van der Waals surface area contributed by atoms with Gasteiger partial charge in [-0.3, -0.25) is 0 Å². The molecule has 1 aromatic heterocycles. The van der Waals surface area contributed by atoms with Gasteiger partial charge in [0.25, 0.3) is 0 Å². The topological polar surface area (TPSA) is 32.6 Å². The van der Waals surface area contributed by atoms with Crippen LogP contribution in [0.5, 0.6) is 0 Å². The second-order valence-corrected chi connectivity index (χ2v) is 4.22. The second kappa shape index (κ2) is 3.05. The highest BCUT2D eigenvalue weighted by Crippen LogP contribution is 2.15. The van der Waals surface area contributed by atoms with E-state index in [0.717, 1.165) is 8.70 Å². The molecule has 0 saturated carbocycles. The van der Waals surface area contributed by atoms with Gasteiger partial charge in [0.2, 0.25) is 0 Å². The van der Waals surface area contributed by atoms with E-state index in [4.69, 9.17) is 17.4 Å². The zero-order valence-electron chi connectivity index (χ0n) is 4.27. The summed E-state index contributed by atoms with van der Waals surface area (Å²) in [6.45, 7) is 0. The molecule has 0 fully saturated rings. The normalized spacial score (nSPS) is 10.7. The van der Waals surface area contributed by atoms with E-state index in [1.54, 1.807) is 6.07 Å². The first-order chi connectivity index (χ1) is 4.33. The van der Waals surface area contributed by atoms with Crippen molar-refractivity contribution in [1.82, 2.24) is 0 Å². The van der Waals surface area contributed by atoms with Gasteiger partial charge in [0, 0.05) is 0 Å². The van der Waals surface area contributed by atoms with Gasteiger partial charge in [-0.25, -0.2) is 0 Å². The van der Waals surface area contributed by atoms with Crippen LogP contribution in [0.15, 0.2) is 11.2 Å². The Labute approximate surface area is 64.5 Å². The highest BCUT2D eigenvalue weighted by Gasteiger charge is 1.88. The van der Waals surface area contributed by atoms with E-state index in [0.29, 0.717) is 0 Å². The Morgan fingerprint density at radius 1 is 1.67 bits per heavy atom. The summed E-state index contributed by atoms with van der Waals surface area (Å²) in [4.78, 5) is 0.896. The number of hydrogen-bond donors (Lipinski definition) is 1. The van der Waals surface area contributed by atoms with Gasteiger partial charge in [-0.05, 0) is 6.07 Å². The summed E-state index contributed by atoms with van der Waals surface area (Å²) in [5.74, 6) is 0. The summed E-state index contributed by atoms with van der Waals surface area (Å²) < 4.78 is 0.829. The van der Waals surface area contributed by atoms with E-state index >= 15 is 0 Å². The quantitative estimate of drug-likeness (QED) is 0.235. The van der Waals surface area contributed by atoms with Crippen molar-refractivity contribution in [3.63, 3.8) is 0 Å². The molecule has 0 aliphatic rings. The van der Waals surface area contributed by atoms with Crippen LogP contribution in [0.3, 0.4) is 0 Å². The average molecular weight is 177 g/mol. The van der Waals surface area contributed by atoms with Crippen molar-refractivity contribution < 1.29 is 5.21 Å². The third-order valence-electron chi connectivity index (χ3n) is 0.665. The molecule has 1 aromatic rings. The van der Waals surface area contributed by atoms with Gasteiger partial charge in [-0.1, -0.05) is 38.1 Å². The zero-order chi connectivity index (χ0) is 6.69. The molecule has 0 aliphatic heterocycles. The minimum Gasteiger partial charge on any atom is -0.411 e. The van der Waals surface area contributed by atoms with Gasteiger partial charge in [0.05, 0.1) is 11.1 Å². The first kappa shape index (κ1) is 6.85. The van der Waals surface area contributed by atoms with E-state index in [2.05, 4.69) is 5.16 Å². The Morgan fingerprint density at radius 2 is 2.44 bits per heavy atom. The number of nitrogens with zero attached hydrogens (tertiary/aromatic N) is 1. The molecule has 0 unspecified atom stereocenters. The molecule has 1 N–H and O–H groups in total. The van der Waals surface area contributed by atoms with E-state index in [1.807, 2.05) is 0 Å². The maximum atomic E-state index is 8.08. The van der Waals surface area contributed by atoms with Gasteiger partial charge in [0.15, 0.2) is 0 Å². The summed E-state index contributed by atoms with van der Waals surface area (Å²) in [5, 5.41) is 10.9. The third-order valence-corrected chi connectivity index (χ3v) is 3.50. The van der Waals surface area contributed by atoms with Crippen molar-refractivity contribution in [3.8, 4) is 0 Å². The van der Waals surface area contributed by atoms with E-state index in [-0.39, 0.29) is 0 Å². The summed E-state index contributed by atoms with van der Waals surface area (Å²) in [5.41, 5.74) is 0. The van der Waals surface area contributed by atoms with Crippen molar-refractivity contribution >= 4 is 39.1 Å². The summed E-state index contributed by atoms with van der Waals surface area (Å²) in [6.07, 6.45) is 1.37. The Kier molecular flexibility index (Phi) is 2.32. The maximum absolute atomic E-state index is 8.08. The highest BCUT2D eigenvalue weighted by atomic mass is 32.9. The molecule has 1 heterocycles. The van der Waals surface area contributed by atoms with Crippen molar-refractivity contribution in [1.29, 1.82) is 0 Å². The molecule has 0 spiro atoms. The van der Waals surface area contributed by atoms with Gasteiger partial charge in [-0.15, -0.1) is 0 Å². The fraction of sp³-hybridized carbons (Fsp3) is 0. The van der Waals surface area contributed by atoms with Crippen LogP contribution in [0.2, 0.25) is 0 Å². The van der Waals surface area contributed by atoms with Crippen molar-refractivity contribution in [2.45, 2.75) is 0 Å². The van der Waals surface area contributed by atoms with E-state index in [1.165, 1.54) is 26.9 Å². The molecule has 0 bridgehead atoms. The lowest BCUT2D eigenvalue weighted by Crippen LogP contribution is -1.67. The predicted octanol–water partition coefficient (Wildman–Crippen LogP) is 2.35. The lowest BCUT2D eigenvalue weighted by atomic mass is 10.5. The Hall–Kier alpha value is -0.260. The minimum atomic E-state index is 0.829. The molecule has 1 rings (SSSR count). The van der Waals surface area contributed by atoms with Gasteiger partial charge >= 0.3 is 0 Å². The van der Waals surface area contributed by atoms with Crippen molar-refractivity contribution in [2.24, 2.45) is 5.16 Å². The Balaban J connectivity index is 2.98. The largest absolute Gasteiger partial charge is 0.411 e. The fourth-order valence-electron chi connectivity index (χ4n) is 0.369. The van der Waals surface area contributed by atoms with Crippen molar-refractivity contribution in [2.75, 3.05) is 0 Å². The van der Waals surface area contributed by atoms with Crippen LogP contribution in [0.1, 0.15) is 4.88 Å². The molecule has 0 amide bonds. The maximum Gasteiger partial charge on any atom is 0.102 e. The molecule has 48 valence electrons. The standard InChI is InChI=1S/C4H3NOS3/c6-5-2-3-1-4(7)9-8-3/h1-2,6H/b5-2+. The molecule has 0 aliphatic carbocycles. The smallest absolute Gasteiger partial charge is 0.102 e. The molecule has 2 nitrogen and oxygen atoms in total. The molecule has 9 heavy (non-hydrogen) atoms. The number of rotatable bonds is 1. The zero-order valence-corrected chi connectivity index (χ0v) is 6.72. The molecule has 0 radical (unpaired) electrons. The van der Waals surface area contributed by atoms with Crippen molar-refractivity contribution in [3.05, 3.63) is 14.8 Å². The minimum absolute atomic E-state index is 0.829. The van der Waals surface area contributed by atoms with E-state index in [9.17, 15) is 0 Å². The first-order valence-corrected chi connectivity index (χ1v) is 4.66. The van der Waals surface area contributed by atoms with Gasteiger partial charge < -0.3 is 5.21 Å². The molecular formula is C4H3NOS3. The van der Waals surface area contributed by atoms with Crippen LogP contribution >= 0.6 is 32.9 Å². The lowest BCUT2D eigenvalue weighted by Gasteiger charge is -1.72. The SMILES string of the molecule is O/N=C/c1cc(=S)ss1. The molecule has 0 aromatic carbocycles. The average Bonchev–Trinajstić information content (AvgIpc) is 2.17. The summed E-state index contributed by atoms with van der Waals surface area (Å²) in [7, 11) is 3.00. The summed E-state index contributed by atoms with van der Waals surface area (Å²) in [6, 6.07) is 1.80. The van der Waals surface area contributed by atoms with Crippen LogP contribution in [0.4, 0.5) is 0 Å². The van der Waals surface area contributed by atoms with Crippen LogP contribution in [0.25, 0.3) is 0 Å². The van der Waals surface area contributed by atoms with Gasteiger partial charge in [-0.2, -0.15) is 0 Å². The monoisotopic (exact) mass is 177 g/mol. The molecule has 0 saturated heterocycles. The Bertz CT molecular complexity index is 261. The summed E-state index contributed by atoms with van der Waals surface area (Å²) >= 11 is 4.83. The second-order valence-electron chi connectivity index (χ2n) is 1.28. The predicted molar refractivity (Wildman–Crippen MR) is 42.4 cm³/mol. The molecule has 0 atom stereocenters. The first-order valence-electron chi connectivity index (χ1n) is 2.10. The van der Waals surface area contributed by atoms with Crippen LogP contribution < -0.4 is 0 Å². The van der Waals surface area contributed by atoms with Gasteiger partial charge in [0.1, 0.15) is 3.82 Å². The number of hydrogen-bond acceptors (Lipinski definition) is 5. The third kappa shape index (κ3) is 1.85. The van der Waals surface area contributed by atoms with Crippen LogP contribution in [-0.2, 0) is 0 Å². The van der Waals surface area contributed by atoms with Crippen LogP contribution in [0, 0.1) is 3.82 Å². The van der Waals surface area contributed by atoms with Crippen LogP contribution in [-0.4, -0.2) is 11.4 Å². The molecule has 5 heteroatoms. The molecular weight excluding hydrogens is 174 g/mol. The van der Waals surface area contributed by atoms with E-state index < -0.39 is 0 Å².